The van der Waals surface area contributed by atoms with Gasteiger partial charge in [0, 0.05) is 26.8 Å². The summed E-state index contributed by atoms with van der Waals surface area (Å²) in [4.78, 5) is 38.7. The van der Waals surface area contributed by atoms with Gasteiger partial charge in [-0.2, -0.15) is 0 Å². The smallest absolute Gasteiger partial charge is 0.332 e. The van der Waals surface area contributed by atoms with Gasteiger partial charge in [-0.05, 0) is 23.6 Å². The van der Waals surface area contributed by atoms with Crippen LogP contribution in [0.25, 0.3) is 0 Å². The summed E-state index contributed by atoms with van der Waals surface area (Å²) in [7, 11) is 4.76. The van der Waals surface area contributed by atoms with E-state index in [1.165, 1.54) is 11.9 Å². The zero-order valence-electron chi connectivity index (χ0n) is 15.7. The minimum Gasteiger partial charge on any atom is -0.383 e. The third kappa shape index (κ3) is 3.79. The SMILES string of the molecule is CC(C)c1ccc(NC(=O)Cn2c(=O)c(N(C)C)c(N)n(C)c2=O)cc1. The van der Waals surface area contributed by atoms with Gasteiger partial charge in [0.05, 0.1) is 0 Å². The Labute approximate surface area is 151 Å². The molecule has 0 aliphatic carbocycles. The van der Waals surface area contributed by atoms with Crippen molar-refractivity contribution in [2.75, 3.05) is 30.0 Å². The summed E-state index contributed by atoms with van der Waals surface area (Å²) in [6.07, 6.45) is 0. The van der Waals surface area contributed by atoms with Crippen molar-refractivity contribution in [3.63, 3.8) is 0 Å². The average molecular weight is 359 g/mol. The molecule has 0 atom stereocenters. The number of aromatic nitrogens is 2. The number of amides is 1. The maximum atomic E-state index is 12.6. The third-order valence-electron chi connectivity index (χ3n) is 4.18. The van der Waals surface area contributed by atoms with E-state index in [9.17, 15) is 14.4 Å². The van der Waals surface area contributed by atoms with Gasteiger partial charge >= 0.3 is 5.69 Å². The van der Waals surface area contributed by atoms with Crippen LogP contribution in [-0.2, 0) is 18.4 Å². The molecule has 0 aliphatic rings. The van der Waals surface area contributed by atoms with Crippen molar-refractivity contribution in [2.45, 2.75) is 26.3 Å². The fourth-order valence-electron chi connectivity index (χ4n) is 2.62. The fraction of sp³-hybridized carbons (Fsp3) is 0.389. The van der Waals surface area contributed by atoms with Gasteiger partial charge in [-0.3, -0.25) is 14.2 Å². The number of nitrogens with zero attached hydrogens (tertiary/aromatic N) is 3. The van der Waals surface area contributed by atoms with Crippen LogP contribution >= 0.6 is 0 Å². The summed E-state index contributed by atoms with van der Waals surface area (Å²) in [6.45, 7) is 3.77. The summed E-state index contributed by atoms with van der Waals surface area (Å²) in [5.41, 5.74) is 6.55. The molecule has 0 saturated heterocycles. The van der Waals surface area contributed by atoms with Crippen LogP contribution in [-0.4, -0.2) is 29.1 Å². The number of anilines is 3. The Hall–Kier alpha value is -3.03. The van der Waals surface area contributed by atoms with Crippen molar-refractivity contribution in [3.8, 4) is 0 Å². The number of rotatable bonds is 5. The van der Waals surface area contributed by atoms with Crippen molar-refractivity contribution >= 4 is 23.1 Å². The van der Waals surface area contributed by atoms with Gasteiger partial charge in [-0.25, -0.2) is 9.36 Å². The van der Waals surface area contributed by atoms with E-state index in [4.69, 9.17) is 5.73 Å². The molecule has 1 aromatic heterocycles. The van der Waals surface area contributed by atoms with E-state index in [2.05, 4.69) is 19.2 Å². The molecule has 1 amide bonds. The number of hydrogen-bond donors (Lipinski definition) is 2. The Bertz CT molecular complexity index is 924. The summed E-state index contributed by atoms with van der Waals surface area (Å²) in [5.74, 6) is -0.0116. The molecule has 0 radical (unpaired) electrons. The van der Waals surface area contributed by atoms with Gasteiger partial charge in [-0.15, -0.1) is 0 Å². The van der Waals surface area contributed by atoms with Crippen LogP contribution in [0.5, 0.6) is 0 Å². The van der Waals surface area contributed by atoms with Crippen LogP contribution in [0.3, 0.4) is 0 Å². The quantitative estimate of drug-likeness (QED) is 0.828. The number of benzene rings is 1. The highest BCUT2D eigenvalue weighted by Crippen LogP contribution is 2.17. The lowest BCUT2D eigenvalue weighted by molar-refractivity contribution is -0.116. The number of nitrogen functional groups attached to an aromatic ring is 1. The molecule has 0 fully saturated rings. The van der Waals surface area contributed by atoms with Crippen molar-refractivity contribution < 1.29 is 4.79 Å². The molecular weight excluding hydrogens is 334 g/mol. The normalized spacial score (nSPS) is 10.8. The average Bonchev–Trinajstić information content (AvgIpc) is 2.57. The third-order valence-corrected chi connectivity index (χ3v) is 4.18. The predicted molar refractivity (Wildman–Crippen MR) is 104 cm³/mol. The number of nitrogens with two attached hydrogens (primary N) is 1. The zero-order valence-corrected chi connectivity index (χ0v) is 15.7. The zero-order chi connectivity index (χ0) is 19.6. The van der Waals surface area contributed by atoms with Crippen molar-refractivity contribution in [1.82, 2.24) is 9.13 Å². The summed E-state index contributed by atoms with van der Waals surface area (Å²) >= 11 is 0. The lowest BCUT2D eigenvalue weighted by Crippen LogP contribution is -2.44. The molecule has 0 saturated carbocycles. The molecule has 2 aromatic rings. The molecule has 0 aliphatic heterocycles. The van der Waals surface area contributed by atoms with Crippen LogP contribution in [0.4, 0.5) is 17.2 Å². The first-order chi connectivity index (χ1) is 12.1. The lowest BCUT2D eigenvalue weighted by atomic mass is 10.0. The van der Waals surface area contributed by atoms with Crippen molar-refractivity contribution in [1.29, 1.82) is 0 Å². The van der Waals surface area contributed by atoms with Crippen LogP contribution < -0.4 is 27.2 Å². The first-order valence-electron chi connectivity index (χ1n) is 8.30. The highest BCUT2D eigenvalue weighted by molar-refractivity contribution is 5.90. The maximum absolute atomic E-state index is 12.6. The summed E-state index contributed by atoms with van der Waals surface area (Å²) in [5, 5.41) is 2.70. The van der Waals surface area contributed by atoms with Gasteiger partial charge in [0.1, 0.15) is 18.1 Å². The van der Waals surface area contributed by atoms with E-state index in [0.717, 1.165) is 14.7 Å². The van der Waals surface area contributed by atoms with E-state index >= 15 is 0 Å². The molecule has 140 valence electrons. The van der Waals surface area contributed by atoms with E-state index < -0.39 is 23.7 Å². The van der Waals surface area contributed by atoms with Gasteiger partial charge in [0.15, 0.2) is 0 Å². The van der Waals surface area contributed by atoms with Crippen LogP contribution in [0.15, 0.2) is 33.9 Å². The van der Waals surface area contributed by atoms with E-state index in [-0.39, 0.29) is 11.5 Å². The minimum atomic E-state index is -0.636. The molecule has 1 heterocycles. The Morgan fingerprint density at radius 3 is 2.27 bits per heavy atom. The first-order valence-corrected chi connectivity index (χ1v) is 8.30. The molecule has 0 unspecified atom stereocenters. The van der Waals surface area contributed by atoms with Gasteiger partial charge in [0.2, 0.25) is 5.91 Å². The number of nitrogens with one attached hydrogen (secondary N) is 1. The summed E-state index contributed by atoms with van der Waals surface area (Å²) < 4.78 is 2.03. The van der Waals surface area contributed by atoms with E-state index in [1.807, 2.05) is 12.1 Å². The molecule has 2 rings (SSSR count). The van der Waals surface area contributed by atoms with Crippen molar-refractivity contribution in [2.24, 2.45) is 7.05 Å². The van der Waals surface area contributed by atoms with Crippen LogP contribution in [0, 0.1) is 0 Å². The van der Waals surface area contributed by atoms with E-state index in [0.29, 0.717) is 11.6 Å². The molecule has 8 heteroatoms. The Balaban J connectivity index is 2.29. The molecular formula is C18H25N5O3. The standard InChI is InChI=1S/C18H25N5O3/c1-11(2)12-6-8-13(9-7-12)20-14(24)10-23-17(25)15(21(3)4)16(19)22(5)18(23)26/h6-9,11H,10,19H2,1-5H3,(H,20,24). The number of hydrogen-bond acceptors (Lipinski definition) is 5. The van der Waals surface area contributed by atoms with Gasteiger partial charge < -0.3 is 16.0 Å². The maximum Gasteiger partial charge on any atom is 0.332 e. The van der Waals surface area contributed by atoms with Crippen LogP contribution in [0.1, 0.15) is 25.3 Å². The number of carbonyl (C=O) groups is 1. The Morgan fingerprint density at radius 1 is 1.19 bits per heavy atom. The molecule has 3 N–H and O–H groups in total. The van der Waals surface area contributed by atoms with E-state index in [1.54, 1.807) is 26.2 Å². The summed E-state index contributed by atoms with van der Waals surface area (Å²) in [6, 6.07) is 7.45. The second-order valence-electron chi connectivity index (χ2n) is 6.69. The minimum absolute atomic E-state index is 0.0610. The van der Waals surface area contributed by atoms with Gasteiger partial charge in [-0.1, -0.05) is 26.0 Å². The van der Waals surface area contributed by atoms with Crippen LogP contribution in [0.2, 0.25) is 0 Å². The Morgan fingerprint density at radius 2 is 1.77 bits per heavy atom. The first kappa shape index (κ1) is 19.3. The molecule has 1 aromatic carbocycles. The largest absolute Gasteiger partial charge is 0.383 e. The molecule has 26 heavy (non-hydrogen) atoms. The monoisotopic (exact) mass is 359 g/mol. The number of carbonyl (C=O) groups excluding carboxylic acids is 1. The topological polar surface area (TPSA) is 102 Å². The predicted octanol–water partition coefficient (Wildman–Crippen LogP) is 0.957. The molecule has 8 nitrogen and oxygen atoms in total. The fourth-order valence-corrected chi connectivity index (χ4v) is 2.62. The molecule has 0 spiro atoms. The Kier molecular flexibility index (Phi) is 5.54. The highest BCUT2D eigenvalue weighted by atomic mass is 16.2. The second kappa shape index (κ2) is 7.47. The molecule has 0 bridgehead atoms. The highest BCUT2D eigenvalue weighted by Gasteiger charge is 2.18. The van der Waals surface area contributed by atoms with Gasteiger partial charge in [0.25, 0.3) is 5.56 Å². The lowest BCUT2D eigenvalue weighted by Gasteiger charge is -2.18. The van der Waals surface area contributed by atoms with Crippen molar-refractivity contribution in [3.05, 3.63) is 50.7 Å². The second-order valence-corrected chi connectivity index (χ2v) is 6.69.